The van der Waals surface area contributed by atoms with Crippen LogP contribution in [0, 0.1) is 0 Å². The Bertz CT molecular complexity index is 1210. The summed E-state index contributed by atoms with van der Waals surface area (Å²) in [6.45, 7) is 5.98. The third-order valence-electron chi connectivity index (χ3n) is 5.50. The van der Waals surface area contributed by atoms with Crippen molar-refractivity contribution in [1.29, 1.82) is 0 Å². The quantitative estimate of drug-likeness (QED) is 0.446. The molecule has 0 N–H and O–H groups in total. The number of para-hydroxylation sites is 2. The van der Waals surface area contributed by atoms with Gasteiger partial charge in [0.15, 0.2) is 0 Å². The van der Waals surface area contributed by atoms with Gasteiger partial charge in [-0.1, -0.05) is 12.1 Å². The Morgan fingerprint density at radius 2 is 1.62 bits per heavy atom. The zero-order valence-electron chi connectivity index (χ0n) is 19.4. The zero-order chi connectivity index (χ0) is 24.1. The summed E-state index contributed by atoms with van der Waals surface area (Å²) in [7, 11) is -2.22. The van der Waals surface area contributed by atoms with Gasteiger partial charge in [-0.25, -0.2) is 8.42 Å². The number of piperazine rings is 1. The van der Waals surface area contributed by atoms with Crippen LogP contribution in [0.25, 0.3) is 5.69 Å². The summed E-state index contributed by atoms with van der Waals surface area (Å²) in [5.41, 5.74) is 1.44. The molecule has 182 valence electrons. The molecule has 1 saturated heterocycles. The Kier molecular flexibility index (Phi) is 7.17. The number of benzene rings is 2. The van der Waals surface area contributed by atoms with Gasteiger partial charge in [0.05, 0.1) is 26.0 Å². The van der Waals surface area contributed by atoms with Crippen LogP contribution >= 0.6 is 0 Å². The maximum Gasteiger partial charge on any atom is 0.247 e. The summed E-state index contributed by atoms with van der Waals surface area (Å²) in [6.07, 6.45) is 1.42. The van der Waals surface area contributed by atoms with Crippen molar-refractivity contribution in [3.8, 4) is 22.9 Å². The van der Waals surface area contributed by atoms with E-state index in [2.05, 4.69) is 20.4 Å². The molecule has 4 rings (SSSR count). The second-order valence-electron chi connectivity index (χ2n) is 7.45. The molecule has 0 radical (unpaired) electrons. The molecule has 1 fully saturated rings. The van der Waals surface area contributed by atoms with E-state index in [1.807, 2.05) is 31.2 Å². The lowest BCUT2D eigenvalue weighted by molar-refractivity contribution is 0.318. The second-order valence-corrected chi connectivity index (χ2v) is 9.36. The number of methoxy groups -OCH3 is 1. The lowest BCUT2D eigenvalue weighted by Gasteiger charge is -2.36. The maximum absolute atomic E-state index is 13.7. The van der Waals surface area contributed by atoms with E-state index in [1.54, 1.807) is 20.1 Å². The van der Waals surface area contributed by atoms with E-state index in [0.717, 1.165) is 11.4 Å². The van der Waals surface area contributed by atoms with Gasteiger partial charge in [0.1, 0.15) is 34.2 Å². The van der Waals surface area contributed by atoms with Gasteiger partial charge < -0.3 is 19.1 Å². The van der Waals surface area contributed by atoms with Crippen LogP contribution < -0.4 is 19.1 Å². The van der Waals surface area contributed by atoms with E-state index in [0.29, 0.717) is 50.8 Å². The highest BCUT2D eigenvalue weighted by molar-refractivity contribution is 7.89. The summed E-state index contributed by atoms with van der Waals surface area (Å²) < 4.78 is 47.2. The number of tetrazole rings is 1. The number of aromatic nitrogens is 4. The molecule has 1 aliphatic heterocycles. The van der Waals surface area contributed by atoms with Crippen LogP contribution in [0.4, 0.5) is 5.69 Å². The molecule has 2 heterocycles. The summed E-state index contributed by atoms with van der Waals surface area (Å²) in [4.78, 5) is 2.18. The van der Waals surface area contributed by atoms with Crippen molar-refractivity contribution in [3.05, 3.63) is 42.7 Å². The van der Waals surface area contributed by atoms with Crippen LogP contribution in [0.5, 0.6) is 17.2 Å². The summed E-state index contributed by atoms with van der Waals surface area (Å²) in [5.74, 6) is 1.34. The van der Waals surface area contributed by atoms with Crippen molar-refractivity contribution >= 4 is 15.7 Å². The van der Waals surface area contributed by atoms with Gasteiger partial charge in [-0.15, -0.1) is 5.10 Å². The van der Waals surface area contributed by atoms with E-state index in [-0.39, 0.29) is 10.6 Å². The molecular weight excluding hydrogens is 460 g/mol. The van der Waals surface area contributed by atoms with Gasteiger partial charge in [0, 0.05) is 38.3 Å². The highest BCUT2D eigenvalue weighted by Crippen LogP contribution is 2.37. The highest BCUT2D eigenvalue weighted by Gasteiger charge is 2.33. The van der Waals surface area contributed by atoms with Crippen molar-refractivity contribution in [1.82, 2.24) is 24.5 Å². The zero-order valence-corrected chi connectivity index (χ0v) is 20.2. The molecule has 0 saturated carbocycles. The molecule has 0 amide bonds. The van der Waals surface area contributed by atoms with E-state index < -0.39 is 10.0 Å². The normalized spacial score (nSPS) is 14.7. The third-order valence-corrected chi connectivity index (χ3v) is 7.42. The second kappa shape index (κ2) is 10.3. The van der Waals surface area contributed by atoms with Gasteiger partial charge in [-0.2, -0.15) is 8.99 Å². The van der Waals surface area contributed by atoms with Gasteiger partial charge in [-0.05, 0) is 36.4 Å². The fourth-order valence-corrected chi connectivity index (χ4v) is 5.47. The molecule has 34 heavy (non-hydrogen) atoms. The smallest absolute Gasteiger partial charge is 0.247 e. The van der Waals surface area contributed by atoms with Crippen LogP contribution in [-0.2, 0) is 10.0 Å². The molecule has 2 aromatic carbocycles. The molecule has 3 aromatic rings. The summed E-state index contributed by atoms with van der Waals surface area (Å²) in [6, 6.07) is 10.8. The number of nitrogens with zero attached hydrogens (tertiary/aromatic N) is 6. The van der Waals surface area contributed by atoms with Crippen molar-refractivity contribution in [2.45, 2.75) is 18.7 Å². The van der Waals surface area contributed by atoms with E-state index >= 15 is 0 Å². The number of sulfonamides is 1. The minimum absolute atomic E-state index is 0.0559. The molecular formula is C22H28N6O5S. The van der Waals surface area contributed by atoms with Crippen molar-refractivity contribution in [2.75, 3.05) is 51.4 Å². The average Bonchev–Trinajstić information content (AvgIpc) is 3.40. The first kappa shape index (κ1) is 23.8. The molecule has 0 atom stereocenters. The third kappa shape index (κ3) is 4.64. The summed E-state index contributed by atoms with van der Waals surface area (Å²) >= 11 is 0. The lowest BCUT2D eigenvalue weighted by atomic mass is 10.2. The Morgan fingerprint density at radius 1 is 0.912 bits per heavy atom. The topological polar surface area (TPSA) is 112 Å². The first-order valence-corrected chi connectivity index (χ1v) is 12.5. The molecule has 0 unspecified atom stereocenters. The lowest BCUT2D eigenvalue weighted by Crippen LogP contribution is -2.48. The fraction of sp³-hybridized carbons (Fsp3) is 0.409. The standard InChI is InChI=1S/C22H28N6O5S/c1-4-32-20-15-22(21(33-5-2)14-18(20)28-16-23-24-25-28)34(29,30)27-12-10-26(11-13-27)17-8-6-7-9-19(17)31-3/h6-9,14-16H,4-5,10-13H2,1-3H3. The number of ether oxygens (including phenoxy) is 3. The summed E-state index contributed by atoms with van der Waals surface area (Å²) in [5, 5.41) is 11.2. The Morgan fingerprint density at radius 3 is 2.26 bits per heavy atom. The molecule has 1 aliphatic rings. The van der Waals surface area contributed by atoms with Crippen LogP contribution in [0.2, 0.25) is 0 Å². The maximum atomic E-state index is 13.7. The first-order chi connectivity index (χ1) is 16.5. The molecule has 12 heteroatoms. The SMILES string of the molecule is CCOc1cc(S(=O)(=O)N2CCN(c3ccccc3OC)CC2)c(OCC)cc1-n1cnnn1. The van der Waals surface area contributed by atoms with Gasteiger partial charge in [0.2, 0.25) is 10.0 Å². The first-order valence-electron chi connectivity index (χ1n) is 11.0. The number of hydrogen-bond donors (Lipinski definition) is 0. The van der Waals surface area contributed by atoms with Crippen LogP contribution in [0.15, 0.2) is 47.6 Å². The van der Waals surface area contributed by atoms with Crippen molar-refractivity contribution < 1.29 is 22.6 Å². The van der Waals surface area contributed by atoms with Crippen LogP contribution in [-0.4, -0.2) is 79.4 Å². The molecule has 0 bridgehead atoms. The molecule has 11 nitrogen and oxygen atoms in total. The molecule has 0 spiro atoms. The predicted octanol–water partition coefficient (Wildman–Crippen LogP) is 1.98. The number of rotatable bonds is 9. The largest absolute Gasteiger partial charge is 0.495 e. The monoisotopic (exact) mass is 488 g/mol. The minimum Gasteiger partial charge on any atom is -0.495 e. The minimum atomic E-state index is -3.85. The molecule has 0 aliphatic carbocycles. The Hall–Kier alpha value is -3.38. The number of hydrogen-bond acceptors (Lipinski definition) is 9. The predicted molar refractivity (Wildman–Crippen MR) is 125 cm³/mol. The van der Waals surface area contributed by atoms with Crippen LogP contribution in [0.1, 0.15) is 13.8 Å². The van der Waals surface area contributed by atoms with Gasteiger partial charge in [-0.3, -0.25) is 0 Å². The van der Waals surface area contributed by atoms with Crippen molar-refractivity contribution in [3.63, 3.8) is 0 Å². The fourth-order valence-electron chi connectivity index (χ4n) is 3.92. The van der Waals surface area contributed by atoms with Gasteiger partial charge in [0.25, 0.3) is 0 Å². The van der Waals surface area contributed by atoms with Crippen molar-refractivity contribution in [2.24, 2.45) is 0 Å². The number of anilines is 1. The Balaban J connectivity index is 1.64. The highest BCUT2D eigenvalue weighted by atomic mass is 32.2. The molecule has 1 aromatic heterocycles. The Labute approximate surface area is 198 Å². The van der Waals surface area contributed by atoms with E-state index in [1.165, 1.54) is 21.4 Å². The van der Waals surface area contributed by atoms with E-state index in [9.17, 15) is 8.42 Å². The van der Waals surface area contributed by atoms with Gasteiger partial charge >= 0.3 is 0 Å². The van der Waals surface area contributed by atoms with Crippen LogP contribution in [0.3, 0.4) is 0 Å². The average molecular weight is 489 g/mol. The van der Waals surface area contributed by atoms with E-state index in [4.69, 9.17) is 14.2 Å².